The van der Waals surface area contributed by atoms with Crippen LogP contribution in [0.15, 0.2) is 18.2 Å². The fourth-order valence-electron chi connectivity index (χ4n) is 1.03. The summed E-state index contributed by atoms with van der Waals surface area (Å²) < 4.78 is 19.8. The molecular formula is C13H21Cl2O4P. The van der Waals surface area contributed by atoms with Gasteiger partial charge < -0.3 is 4.52 Å². The summed E-state index contributed by atoms with van der Waals surface area (Å²) in [7, 11) is -1.32. The Kier molecular flexibility index (Phi) is 11.5. The van der Waals surface area contributed by atoms with Crippen molar-refractivity contribution < 1.29 is 18.7 Å². The summed E-state index contributed by atoms with van der Waals surface area (Å²) in [4.78, 5) is 4.88. The third-order valence-electron chi connectivity index (χ3n) is 2.33. The van der Waals surface area contributed by atoms with Gasteiger partial charge in [-0.25, -0.2) is 4.89 Å². The summed E-state index contributed by atoms with van der Waals surface area (Å²) in [6.45, 7) is 6.07. The SMILES string of the molecule is CCCC.CO[PH](=O)OOC(C)c1ccc(Cl)cc1Cl. The lowest BCUT2D eigenvalue weighted by Gasteiger charge is -2.12. The van der Waals surface area contributed by atoms with Crippen molar-refractivity contribution in [2.75, 3.05) is 7.11 Å². The summed E-state index contributed by atoms with van der Waals surface area (Å²) in [5, 5.41) is 0.994. The van der Waals surface area contributed by atoms with Crippen LogP contribution in [0.4, 0.5) is 0 Å². The second kappa shape index (κ2) is 11.6. The largest absolute Gasteiger partial charge is 0.346 e. The normalized spacial score (nSPS) is 13.3. The maximum atomic E-state index is 10.8. The molecule has 1 aromatic rings. The van der Waals surface area contributed by atoms with Crippen LogP contribution in [0.25, 0.3) is 0 Å². The Morgan fingerprint density at radius 2 is 1.85 bits per heavy atom. The predicted molar refractivity (Wildman–Crippen MR) is 83.6 cm³/mol. The van der Waals surface area contributed by atoms with Gasteiger partial charge in [0.05, 0.1) is 0 Å². The molecular weight excluding hydrogens is 322 g/mol. The number of rotatable bonds is 6. The van der Waals surface area contributed by atoms with Crippen molar-refractivity contribution in [2.24, 2.45) is 0 Å². The van der Waals surface area contributed by atoms with Crippen LogP contribution < -0.4 is 0 Å². The van der Waals surface area contributed by atoms with Gasteiger partial charge in [0, 0.05) is 22.7 Å². The predicted octanol–water partition coefficient (Wildman–Crippen LogP) is 5.85. The van der Waals surface area contributed by atoms with Crippen LogP contribution in [0.1, 0.15) is 45.3 Å². The van der Waals surface area contributed by atoms with Crippen LogP contribution in [0.2, 0.25) is 10.0 Å². The van der Waals surface area contributed by atoms with Crippen LogP contribution in [0.3, 0.4) is 0 Å². The quantitative estimate of drug-likeness (QED) is 0.369. The molecule has 0 saturated carbocycles. The number of halogens is 2. The Labute approximate surface area is 131 Å². The van der Waals surface area contributed by atoms with Crippen molar-refractivity contribution in [1.29, 1.82) is 0 Å². The van der Waals surface area contributed by atoms with E-state index in [2.05, 4.69) is 23.0 Å². The Morgan fingerprint density at radius 1 is 1.25 bits per heavy atom. The van der Waals surface area contributed by atoms with E-state index in [1.165, 1.54) is 20.0 Å². The van der Waals surface area contributed by atoms with Gasteiger partial charge in [-0.2, -0.15) is 4.67 Å². The Morgan fingerprint density at radius 3 is 2.30 bits per heavy atom. The van der Waals surface area contributed by atoms with Crippen molar-refractivity contribution in [2.45, 2.75) is 39.7 Å². The molecule has 2 atom stereocenters. The average molecular weight is 343 g/mol. The molecule has 116 valence electrons. The van der Waals surface area contributed by atoms with Crippen LogP contribution in [-0.4, -0.2) is 7.11 Å². The number of hydrogen-bond donors (Lipinski definition) is 0. The van der Waals surface area contributed by atoms with E-state index in [9.17, 15) is 4.57 Å². The van der Waals surface area contributed by atoms with Gasteiger partial charge in [-0.3, -0.25) is 4.57 Å². The monoisotopic (exact) mass is 342 g/mol. The molecule has 7 heteroatoms. The van der Waals surface area contributed by atoms with Crippen LogP contribution in [0.5, 0.6) is 0 Å². The van der Waals surface area contributed by atoms with E-state index in [4.69, 9.17) is 28.1 Å². The minimum absolute atomic E-state index is 0.459. The summed E-state index contributed by atoms with van der Waals surface area (Å²) in [5.41, 5.74) is 0.692. The van der Waals surface area contributed by atoms with Gasteiger partial charge in [-0.05, 0) is 19.1 Å². The Bertz CT molecular complexity index is 413. The minimum Gasteiger partial charge on any atom is -0.312 e. The van der Waals surface area contributed by atoms with Gasteiger partial charge in [0.1, 0.15) is 6.10 Å². The van der Waals surface area contributed by atoms with E-state index in [0.29, 0.717) is 15.6 Å². The zero-order chi connectivity index (χ0) is 15.5. The van der Waals surface area contributed by atoms with Crippen LogP contribution in [0, 0.1) is 0 Å². The summed E-state index contributed by atoms with van der Waals surface area (Å²) in [5.74, 6) is 0. The Hall–Kier alpha value is -0.0900. The molecule has 4 nitrogen and oxygen atoms in total. The van der Waals surface area contributed by atoms with Crippen LogP contribution in [-0.2, 0) is 18.7 Å². The lowest BCUT2D eigenvalue weighted by atomic mass is 10.1. The molecule has 0 aliphatic carbocycles. The molecule has 0 heterocycles. The minimum atomic E-state index is -2.59. The fourth-order valence-corrected chi connectivity index (χ4v) is 1.88. The highest BCUT2D eigenvalue weighted by Gasteiger charge is 2.12. The Balaban J connectivity index is 0.000000796. The van der Waals surface area contributed by atoms with E-state index in [-0.39, 0.29) is 0 Å². The molecule has 0 aromatic heterocycles. The molecule has 20 heavy (non-hydrogen) atoms. The van der Waals surface area contributed by atoms with Gasteiger partial charge >= 0.3 is 8.25 Å². The first-order chi connectivity index (χ1) is 9.46. The van der Waals surface area contributed by atoms with Crippen molar-refractivity contribution >= 4 is 31.5 Å². The molecule has 0 N–H and O–H groups in total. The molecule has 0 fully saturated rings. The molecule has 2 unspecified atom stereocenters. The average Bonchev–Trinajstić information content (AvgIpc) is 2.44. The number of benzene rings is 1. The van der Waals surface area contributed by atoms with E-state index in [1.54, 1.807) is 25.1 Å². The molecule has 0 aliphatic heterocycles. The second-order valence-corrected chi connectivity index (χ2v) is 5.86. The van der Waals surface area contributed by atoms with Gasteiger partial charge in [0.15, 0.2) is 0 Å². The fraction of sp³-hybridized carbons (Fsp3) is 0.538. The van der Waals surface area contributed by atoms with Gasteiger partial charge in [0.2, 0.25) is 0 Å². The lowest BCUT2D eigenvalue weighted by Crippen LogP contribution is -1.99. The van der Waals surface area contributed by atoms with E-state index in [0.717, 1.165) is 0 Å². The first kappa shape index (κ1) is 19.9. The number of unbranched alkanes of at least 4 members (excludes halogenated alkanes) is 1. The molecule has 0 amide bonds. The van der Waals surface area contributed by atoms with E-state index in [1.807, 2.05) is 0 Å². The third-order valence-corrected chi connectivity index (χ3v) is 3.46. The molecule has 1 rings (SSSR count). The molecule has 0 radical (unpaired) electrons. The van der Waals surface area contributed by atoms with Gasteiger partial charge in [0.25, 0.3) is 0 Å². The number of hydrogen-bond acceptors (Lipinski definition) is 4. The lowest BCUT2D eigenvalue weighted by molar-refractivity contribution is -0.244. The zero-order valence-electron chi connectivity index (χ0n) is 12.1. The smallest absolute Gasteiger partial charge is 0.312 e. The molecule has 0 bridgehead atoms. The first-order valence-corrected chi connectivity index (χ1v) is 8.30. The van der Waals surface area contributed by atoms with Gasteiger partial charge in [-0.1, -0.05) is 56.0 Å². The van der Waals surface area contributed by atoms with Gasteiger partial charge in [-0.15, -0.1) is 0 Å². The summed E-state index contributed by atoms with van der Waals surface area (Å²) in [6, 6.07) is 4.99. The summed E-state index contributed by atoms with van der Waals surface area (Å²) >= 11 is 11.7. The highest BCUT2D eigenvalue weighted by molar-refractivity contribution is 7.33. The van der Waals surface area contributed by atoms with Crippen LogP contribution >= 0.6 is 31.5 Å². The molecule has 0 spiro atoms. The molecule has 0 aliphatic rings. The second-order valence-electron chi connectivity index (χ2n) is 3.94. The third kappa shape index (κ3) is 8.25. The van der Waals surface area contributed by atoms with Crippen molar-refractivity contribution in [3.8, 4) is 0 Å². The van der Waals surface area contributed by atoms with E-state index < -0.39 is 14.4 Å². The molecule has 0 saturated heterocycles. The zero-order valence-corrected chi connectivity index (χ0v) is 14.6. The van der Waals surface area contributed by atoms with Crippen molar-refractivity contribution in [3.05, 3.63) is 33.8 Å². The maximum absolute atomic E-state index is 10.8. The van der Waals surface area contributed by atoms with Crippen molar-refractivity contribution in [3.63, 3.8) is 0 Å². The maximum Gasteiger partial charge on any atom is 0.346 e. The van der Waals surface area contributed by atoms with E-state index >= 15 is 0 Å². The molecule has 1 aromatic carbocycles. The van der Waals surface area contributed by atoms with Crippen molar-refractivity contribution in [1.82, 2.24) is 0 Å². The summed E-state index contributed by atoms with van der Waals surface area (Å²) in [6.07, 6.45) is 2.17. The first-order valence-electron chi connectivity index (χ1n) is 6.32. The highest BCUT2D eigenvalue weighted by atomic mass is 35.5. The standard InChI is InChI=1S/C9H11Cl2O4P.C4H10/c1-6(14-15-16(12)13-2)8-4-3-7(10)5-9(8)11;1-3-4-2/h3-6,16H,1-2H3;3-4H2,1-2H3. The highest BCUT2D eigenvalue weighted by Crippen LogP contribution is 2.31. The topological polar surface area (TPSA) is 44.8 Å².